The number of amides is 2. The molecule has 1 heterocycles. The zero-order chi connectivity index (χ0) is 32.6. The fourth-order valence-electron chi connectivity index (χ4n) is 6.55. The second-order valence-electron chi connectivity index (χ2n) is 13.8. The minimum Gasteiger partial charge on any atom is -0.489 e. The first-order valence-electron chi connectivity index (χ1n) is 14.8. The number of carbonyl (C=O) groups is 2. The molecule has 1 saturated heterocycles. The fraction of sp³-hybridized carbons (Fsp3) is 0.545. The molecule has 0 aromatic heterocycles. The van der Waals surface area contributed by atoms with Crippen LogP contribution < -0.4 is 10.1 Å². The van der Waals surface area contributed by atoms with Gasteiger partial charge >= 0.3 is 6.09 Å². The maximum absolute atomic E-state index is 15.2. The number of carbonyl (C=O) groups excluding carboxylic acids is 2. The van der Waals surface area contributed by atoms with Crippen molar-refractivity contribution in [1.29, 1.82) is 0 Å². The molecule has 0 bridgehead atoms. The first-order valence-corrected chi connectivity index (χ1v) is 15.1. The minimum absolute atomic E-state index is 0.285. The molecular weight excluding hydrogens is 590 g/mol. The molecule has 4 rings (SSSR count). The Balaban J connectivity index is 1.35. The van der Waals surface area contributed by atoms with Gasteiger partial charge in [-0.05, 0) is 57.0 Å². The van der Waals surface area contributed by atoms with Crippen molar-refractivity contribution in [2.24, 2.45) is 10.8 Å². The van der Waals surface area contributed by atoms with Crippen LogP contribution >= 0.6 is 11.6 Å². The molecule has 2 amide bonds. The summed E-state index contributed by atoms with van der Waals surface area (Å²) in [5.41, 5.74) is -1.56. The van der Waals surface area contributed by atoms with Crippen LogP contribution in [0.5, 0.6) is 5.75 Å². The summed E-state index contributed by atoms with van der Waals surface area (Å²) in [5, 5.41) is 3.14. The molecular formula is C33H41ClF2N4O4. The van der Waals surface area contributed by atoms with Crippen LogP contribution in [0.25, 0.3) is 4.85 Å². The van der Waals surface area contributed by atoms with Gasteiger partial charge < -0.3 is 19.7 Å². The number of rotatable bonds is 7. The van der Waals surface area contributed by atoms with Crippen LogP contribution in [0, 0.1) is 29.0 Å². The summed E-state index contributed by atoms with van der Waals surface area (Å²) in [7, 11) is 0. The zero-order valence-electron chi connectivity index (χ0n) is 26.4. The Morgan fingerprint density at radius 3 is 2.16 bits per heavy atom. The summed E-state index contributed by atoms with van der Waals surface area (Å²) in [6.45, 7) is 23.2. The lowest BCUT2D eigenvalue weighted by molar-refractivity contribution is -0.164. The van der Waals surface area contributed by atoms with Gasteiger partial charge in [0.1, 0.15) is 34.7 Å². The molecule has 238 valence electrons. The standard InChI is InChI=1S/C33H41ClF2N4O4/c1-31(2,3)44-30(42)40-15-13-39(14-16-40)12-11-20-17-23(35)26(24(36)18-20)27(41)38-28-32(4,5)29(33(28,6)7)43-21-9-10-25(37-8)22(34)19-21/h9-10,17-19,28-29H,11-16H2,1-7H3,(H,38,41). The largest absolute Gasteiger partial charge is 0.489 e. The van der Waals surface area contributed by atoms with Crippen LogP contribution in [0.3, 0.4) is 0 Å². The van der Waals surface area contributed by atoms with Crippen molar-refractivity contribution in [2.45, 2.75) is 72.6 Å². The Hall–Kier alpha value is -3.42. The van der Waals surface area contributed by atoms with Crippen molar-refractivity contribution in [2.75, 3.05) is 32.7 Å². The highest BCUT2D eigenvalue weighted by molar-refractivity contribution is 6.33. The number of ether oxygens (including phenoxy) is 2. The molecule has 1 saturated carbocycles. The van der Waals surface area contributed by atoms with E-state index in [2.05, 4.69) is 15.1 Å². The molecule has 0 spiro atoms. The molecule has 2 aromatic carbocycles. The summed E-state index contributed by atoms with van der Waals surface area (Å²) >= 11 is 6.17. The van der Waals surface area contributed by atoms with E-state index in [1.165, 1.54) is 12.1 Å². The molecule has 2 fully saturated rings. The number of benzene rings is 2. The van der Waals surface area contributed by atoms with E-state index in [4.69, 9.17) is 27.6 Å². The third-order valence-corrected chi connectivity index (χ3v) is 8.78. The molecule has 0 atom stereocenters. The average Bonchev–Trinajstić information content (AvgIpc) is 2.92. The predicted octanol–water partition coefficient (Wildman–Crippen LogP) is 6.88. The first-order chi connectivity index (χ1) is 20.4. The van der Waals surface area contributed by atoms with Gasteiger partial charge in [-0.1, -0.05) is 45.4 Å². The van der Waals surface area contributed by atoms with E-state index in [1.54, 1.807) is 23.1 Å². The third-order valence-electron chi connectivity index (χ3n) is 8.48. The number of piperazine rings is 1. The molecule has 2 aliphatic rings. The topological polar surface area (TPSA) is 75.5 Å². The van der Waals surface area contributed by atoms with Crippen LogP contribution in [0.1, 0.15) is 64.4 Å². The SMILES string of the molecule is [C-]#[N+]c1ccc(OC2C(C)(C)C(NC(=O)c3c(F)cc(CCN4CCN(C(=O)OC(C)(C)C)CC4)cc3F)C2(C)C)cc1Cl. The van der Waals surface area contributed by atoms with E-state index in [-0.39, 0.29) is 17.2 Å². The second kappa shape index (κ2) is 12.5. The Morgan fingerprint density at radius 2 is 1.64 bits per heavy atom. The summed E-state index contributed by atoms with van der Waals surface area (Å²) in [4.78, 5) is 32.7. The maximum atomic E-state index is 15.2. The highest BCUT2D eigenvalue weighted by Gasteiger charge is 2.64. The van der Waals surface area contributed by atoms with Gasteiger partial charge in [-0.15, -0.1) is 0 Å². The lowest BCUT2D eigenvalue weighted by Gasteiger charge is -2.63. The van der Waals surface area contributed by atoms with Crippen LogP contribution in [0.15, 0.2) is 30.3 Å². The van der Waals surface area contributed by atoms with E-state index in [1.807, 2.05) is 48.5 Å². The van der Waals surface area contributed by atoms with Crippen LogP contribution in [0.4, 0.5) is 19.3 Å². The van der Waals surface area contributed by atoms with Gasteiger partial charge in [-0.25, -0.2) is 18.4 Å². The minimum atomic E-state index is -0.912. The molecule has 1 aliphatic heterocycles. The van der Waals surface area contributed by atoms with Gasteiger partial charge in [0.05, 0.1) is 11.6 Å². The van der Waals surface area contributed by atoms with E-state index < -0.39 is 45.6 Å². The van der Waals surface area contributed by atoms with Crippen LogP contribution in [0.2, 0.25) is 5.02 Å². The van der Waals surface area contributed by atoms with Gasteiger partial charge in [0.2, 0.25) is 5.69 Å². The normalized spacial score (nSPS) is 21.2. The highest BCUT2D eigenvalue weighted by Crippen LogP contribution is 2.55. The third kappa shape index (κ3) is 7.10. The summed E-state index contributed by atoms with van der Waals surface area (Å²) in [6.07, 6.45) is -0.299. The van der Waals surface area contributed by atoms with Gasteiger partial charge in [-0.3, -0.25) is 9.69 Å². The lowest BCUT2D eigenvalue weighted by atomic mass is 9.49. The van der Waals surface area contributed by atoms with E-state index in [0.717, 1.165) is 0 Å². The quantitative estimate of drug-likeness (QED) is 0.338. The second-order valence-corrected chi connectivity index (χ2v) is 14.2. The Bertz CT molecular complexity index is 1420. The average molecular weight is 631 g/mol. The van der Waals surface area contributed by atoms with Crippen molar-refractivity contribution in [3.63, 3.8) is 0 Å². The maximum Gasteiger partial charge on any atom is 0.410 e. The van der Waals surface area contributed by atoms with Crippen molar-refractivity contribution in [1.82, 2.24) is 15.1 Å². The zero-order valence-corrected chi connectivity index (χ0v) is 27.1. The van der Waals surface area contributed by atoms with E-state index in [0.29, 0.717) is 56.1 Å². The van der Waals surface area contributed by atoms with Crippen molar-refractivity contribution in [3.8, 4) is 5.75 Å². The number of hydrogen-bond acceptors (Lipinski definition) is 5. The number of nitrogens with zero attached hydrogens (tertiary/aromatic N) is 3. The fourth-order valence-corrected chi connectivity index (χ4v) is 6.76. The molecule has 0 unspecified atom stereocenters. The summed E-state index contributed by atoms with van der Waals surface area (Å²) in [6, 6.07) is 6.84. The number of halogens is 3. The lowest BCUT2D eigenvalue weighted by Crippen LogP contribution is -2.74. The van der Waals surface area contributed by atoms with E-state index >= 15 is 8.78 Å². The van der Waals surface area contributed by atoms with Gasteiger partial charge in [-0.2, -0.15) is 0 Å². The van der Waals surface area contributed by atoms with Crippen molar-refractivity contribution >= 4 is 29.3 Å². The molecule has 2 aromatic rings. The summed E-state index contributed by atoms with van der Waals surface area (Å²) in [5.74, 6) is -2.15. The first kappa shape index (κ1) is 33.5. The van der Waals surface area contributed by atoms with Crippen LogP contribution in [-0.2, 0) is 11.2 Å². The van der Waals surface area contributed by atoms with E-state index in [9.17, 15) is 9.59 Å². The van der Waals surface area contributed by atoms with Gasteiger partial charge in [0.25, 0.3) is 5.91 Å². The Labute approximate surface area is 263 Å². The Morgan fingerprint density at radius 1 is 1.05 bits per heavy atom. The molecule has 1 N–H and O–H groups in total. The van der Waals surface area contributed by atoms with Crippen LogP contribution in [-0.4, -0.2) is 72.3 Å². The molecule has 44 heavy (non-hydrogen) atoms. The summed E-state index contributed by atoms with van der Waals surface area (Å²) < 4.78 is 42.1. The number of nitrogens with one attached hydrogen (secondary N) is 1. The molecule has 1 aliphatic carbocycles. The smallest absolute Gasteiger partial charge is 0.410 e. The molecule has 8 nitrogen and oxygen atoms in total. The number of hydrogen-bond donors (Lipinski definition) is 1. The molecule has 11 heteroatoms. The Kier molecular flexibility index (Phi) is 9.53. The van der Waals surface area contributed by atoms with Crippen molar-refractivity contribution in [3.05, 3.63) is 69.5 Å². The van der Waals surface area contributed by atoms with Crippen molar-refractivity contribution < 1.29 is 27.8 Å². The predicted molar refractivity (Wildman–Crippen MR) is 165 cm³/mol. The van der Waals surface area contributed by atoms with Gasteiger partial charge in [0.15, 0.2) is 0 Å². The highest BCUT2D eigenvalue weighted by atomic mass is 35.5. The molecule has 0 radical (unpaired) electrons. The monoisotopic (exact) mass is 630 g/mol. The van der Waals surface area contributed by atoms with Gasteiger partial charge in [0, 0.05) is 49.6 Å².